The normalized spacial score (nSPS) is 13.2. The Morgan fingerprint density at radius 1 is 0.556 bits per heavy atom. The first-order chi connectivity index (χ1) is 17.6. The molecule has 0 aliphatic carbocycles. The maximum Gasteiger partial charge on any atom is 0.104 e. The molecule has 5 aromatic carbocycles. The van der Waals surface area contributed by atoms with E-state index in [0.717, 1.165) is 16.8 Å². The van der Waals surface area contributed by atoms with Crippen molar-refractivity contribution in [3.63, 3.8) is 0 Å². The average Bonchev–Trinajstić information content (AvgIpc) is 3.26. The van der Waals surface area contributed by atoms with Gasteiger partial charge in [-0.05, 0) is 65.6 Å². The van der Waals surface area contributed by atoms with Gasteiger partial charge < -0.3 is 9.67 Å². The van der Waals surface area contributed by atoms with Crippen LogP contribution in [0, 0.1) is 6.92 Å². The van der Waals surface area contributed by atoms with Crippen LogP contribution in [-0.2, 0) is 0 Å². The topological polar surface area (TPSA) is 25.2 Å². The van der Waals surface area contributed by atoms with Crippen LogP contribution in [0.4, 0.5) is 0 Å². The van der Waals surface area contributed by atoms with E-state index in [1.165, 1.54) is 38.5 Å². The first kappa shape index (κ1) is 22.3. The van der Waals surface area contributed by atoms with Crippen molar-refractivity contribution in [1.29, 1.82) is 0 Å². The van der Waals surface area contributed by atoms with Crippen molar-refractivity contribution in [2.45, 2.75) is 25.9 Å². The summed E-state index contributed by atoms with van der Waals surface area (Å²) in [6.45, 7) is 4.43. The molecule has 36 heavy (non-hydrogen) atoms. The number of aryl methyl sites for hydroxylation is 1. The molecule has 0 saturated carbocycles. The van der Waals surface area contributed by atoms with Crippen LogP contribution in [0.25, 0.3) is 27.5 Å². The van der Waals surface area contributed by atoms with Gasteiger partial charge in [-0.25, -0.2) is 0 Å². The molecule has 1 N–H and O–H groups in total. The Labute approximate surface area is 212 Å². The van der Waals surface area contributed by atoms with Crippen molar-refractivity contribution in [3.8, 4) is 5.69 Å². The lowest BCUT2D eigenvalue weighted by Crippen LogP contribution is -2.00. The van der Waals surface area contributed by atoms with Crippen molar-refractivity contribution in [3.05, 3.63) is 149 Å². The van der Waals surface area contributed by atoms with Gasteiger partial charge in [0.1, 0.15) is 6.10 Å². The number of benzene rings is 5. The molecule has 176 valence electrons. The molecule has 1 aromatic heterocycles. The molecule has 2 unspecified atom stereocenters. The van der Waals surface area contributed by atoms with Gasteiger partial charge in [0.15, 0.2) is 0 Å². The molecular formula is C34H29NO. The van der Waals surface area contributed by atoms with Crippen LogP contribution in [0.2, 0.25) is 0 Å². The SMILES string of the molecule is Cc1ccc2c(c1)c1cc(C(C)c3ccccc3)ccc1n2-c1ccc(C(O)c2ccccc2)cc1. The molecule has 0 radical (unpaired) electrons. The van der Waals surface area contributed by atoms with E-state index in [1.807, 2.05) is 42.5 Å². The fourth-order valence-electron chi connectivity index (χ4n) is 5.27. The highest BCUT2D eigenvalue weighted by molar-refractivity contribution is 6.09. The Hall–Kier alpha value is -4.14. The molecule has 0 fully saturated rings. The highest BCUT2D eigenvalue weighted by Crippen LogP contribution is 2.36. The number of rotatable bonds is 5. The number of hydrogen-bond acceptors (Lipinski definition) is 1. The standard InChI is InChI=1S/C34H29NO/c1-23-13-19-32-30(21-23)31-22-28(24(2)25-9-5-3-6-10-25)16-20-33(31)35(32)29-17-14-27(15-18-29)34(36)26-11-7-4-8-12-26/h3-22,24,34,36H,1-2H3. The van der Waals surface area contributed by atoms with E-state index in [0.29, 0.717) is 5.92 Å². The van der Waals surface area contributed by atoms with Gasteiger partial charge in [-0.15, -0.1) is 0 Å². The van der Waals surface area contributed by atoms with E-state index in [9.17, 15) is 5.11 Å². The Kier molecular flexibility index (Phi) is 5.67. The zero-order chi connectivity index (χ0) is 24.6. The first-order valence-electron chi connectivity index (χ1n) is 12.5. The molecule has 0 saturated heterocycles. The molecule has 0 aliphatic rings. The number of nitrogens with zero attached hydrogens (tertiary/aromatic N) is 1. The minimum absolute atomic E-state index is 0.317. The molecule has 6 rings (SSSR count). The van der Waals surface area contributed by atoms with Gasteiger partial charge in [-0.1, -0.05) is 97.4 Å². The van der Waals surface area contributed by atoms with E-state index in [2.05, 4.69) is 97.3 Å². The third-order valence-electron chi connectivity index (χ3n) is 7.33. The van der Waals surface area contributed by atoms with Crippen LogP contribution >= 0.6 is 0 Å². The van der Waals surface area contributed by atoms with E-state index < -0.39 is 6.10 Å². The van der Waals surface area contributed by atoms with Gasteiger partial charge in [-0.2, -0.15) is 0 Å². The number of hydrogen-bond donors (Lipinski definition) is 1. The summed E-state index contributed by atoms with van der Waals surface area (Å²) < 4.78 is 2.33. The van der Waals surface area contributed by atoms with Crippen LogP contribution in [0.15, 0.2) is 121 Å². The summed E-state index contributed by atoms with van der Waals surface area (Å²) >= 11 is 0. The third-order valence-corrected chi connectivity index (χ3v) is 7.33. The van der Waals surface area contributed by atoms with Crippen molar-refractivity contribution < 1.29 is 5.11 Å². The lowest BCUT2D eigenvalue weighted by atomic mass is 9.92. The fourth-order valence-corrected chi connectivity index (χ4v) is 5.27. The number of aliphatic hydroxyl groups is 1. The highest BCUT2D eigenvalue weighted by Gasteiger charge is 2.16. The lowest BCUT2D eigenvalue weighted by Gasteiger charge is -2.14. The molecule has 2 nitrogen and oxygen atoms in total. The van der Waals surface area contributed by atoms with Gasteiger partial charge in [0, 0.05) is 22.4 Å². The molecule has 6 aromatic rings. The van der Waals surface area contributed by atoms with Crippen molar-refractivity contribution in [2.75, 3.05) is 0 Å². The minimum Gasteiger partial charge on any atom is -0.384 e. The van der Waals surface area contributed by atoms with E-state index in [4.69, 9.17) is 0 Å². The van der Waals surface area contributed by atoms with Gasteiger partial charge >= 0.3 is 0 Å². The average molecular weight is 468 g/mol. The van der Waals surface area contributed by atoms with Crippen molar-refractivity contribution >= 4 is 21.8 Å². The zero-order valence-electron chi connectivity index (χ0n) is 20.6. The maximum absolute atomic E-state index is 10.9. The monoisotopic (exact) mass is 467 g/mol. The van der Waals surface area contributed by atoms with Crippen molar-refractivity contribution in [2.24, 2.45) is 0 Å². The molecule has 0 spiro atoms. The molecule has 1 heterocycles. The Morgan fingerprint density at radius 2 is 1.08 bits per heavy atom. The number of fused-ring (bicyclic) bond motifs is 3. The van der Waals surface area contributed by atoms with Crippen LogP contribution < -0.4 is 0 Å². The second-order valence-electron chi connectivity index (χ2n) is 9.67. The summed E-state index contributed by atoms with van der Waals surface area (Å²) in [5.41, 5.74) is 9.15. The van der Waals surface area contributed by atoms with Crippen LogP contribution in [0.5, 0.6) is 0 Å². The van der Waals surface area contributed by atoms with Gasteiger partial charge in [-0.3, -0.25) is 0 Å². The molecule has 0 aliphatic heterocycles. The van der Waals surface area contributed by atoms with E-state index >= 15 is 0 Å². The highest BCUT2D eigenvalue weighted by atomic mass is 16.3. The minimum atomic E-state index is -0.636. The van der Waals surface area contributed by atoms with E-state index in [1.54, 1.807) is 0 Å². The maximum atomic E-state index is 10.9. The summed E-state index contributed by atoms with van der Waals surface area (Å²) in [5.74, 6) is 0.317. The summed E-state index contributed by atoms with van der Waals surface area (Å²) in [5, 5.41) is 13.4. The molecule has 0 amide bonds. The number of aliphatic hydroxyl groups excluding tert-OH is 1. The van der Waals surface area contributed by atoms with Crippen LogP contribution in [0.3, 0.4) is 0 Å². The smallest absolute Gasteiger partial charge is 0.104 e. The second kappa shape index (κ2) is 9.14. The van der Waals surface area contributed by atoms with E-state index in [-0.39, 0.29) is 0 Å². The Balaban J connectivity index is 1.47. The predicted molar refractivity (Wildman–Crippen MR) is 150 cm³/mol. The summed E-state index contributed by atoms with van der Waals surface area (Å²) in [4.78, 5) is 0. The zero-order valence-corrected chi connectivity index (χ0v) is 20.6. The lowest BCUT2D eigenvalue weighted by molar-refractivity contribution is 0.220. The quantitative estimate of drug-likeness (QED) is 0.271. The third kappa shape index (κ3) is 3.90. The molecule has 2 atom stereocenters. The molecule has 0 bridgehead atoms. The number of aromatic nitrogens is 1. The molecule has 2 heteroatoms. The van der Waals surface area contributed by atoms with Gasteiger partial charge in [0.25, 0.3) is 0 Å². The van der Waals surface area contributed by atoms with Gasteiger partial charge in [0.2, 0.25) is 0 Å². The fraction of sp³-hybridized carbons (Fsp3) is 0.118. The largest absolute Gasteiger partial charge is 0.384 e. The summed E-state index contributed by atoms with van der Waals surface area (Å²) in [7, 11) is 0. The Morgan fingerprint density at radius 3 is 1.75 bits per heavy atom. The second-order valence-corrected chi connectivity index (χ2v) is 9.67. The van der Waals surface area contributed by atoms with Gasteiger partial charge in [0.05, 0.1) is 11.0 Å². The van der Waals surface area contributed by atoms with Crippen LogP contribution in [0.1, 0.15) is 46.8 Å². The summed E-state index contributed by atoms with van der Waals surface area (Å²) in [6, 6.07) is 42.4. The molecular weight excluding hydrogens is 438 g/mol. The Bertz CT molecular complexity index is 1650. The summed E-state index contributed by atoms with van der Waals surface area (Å²) in [6.07, 6.45) is -0.636. The van der Waals surface area contributed by atoms with Crippen LogP contribution in [-0.4, -0.2) is 9.67 Å². The predicted octanol–water partition coefficient (Wildman–Crippen LogP) is 8.33. The van der Waals surface area contributed by atoms with Crippen molar-refractivity contribution in [1.82, 2.24) is 4.57 Å². The first-order valence-corrected chi connectivity index (χ1v) is 12.5.